The van der Waals surface area contributed by atoms with Gasteiger partial charge in [0, 0.05) is 19.8 Å². The van der Waals surface area contributed by atoms with E-state index in [4.69, 9.17) is 0 Å². The molecule has 6 nitrogen and oxygen atoms in total. The zero-order chi connectivity index (χ0) is 15.4. The SMILES string of the molecule is CC1CCN(C(=O)N(C)Cc2ccccn2)C(C(=O)O)C1. The molecule has 0 radical (unpaired) electrons. The first kappa shape index (κ1) is 15.3. The Hall–Kier alpha value is -2.11. The predicted octanol–water partition coefficient (Wildman–Crippen LogP) is 1.82. The lowest BCUT2D eigenvalue weighted by atomic mass is 9.93. The van der Waals surface area contributed by atoms with Crippen LogP contribution in [-0.2, 0) is 11.3 Å². The van der Waals surface area contributed by atoms with Gasteiger partial charge in [-0.25, -0.2) is 9.59 Å². The van der Waals surface area contributed by atoms with Crippen LogP contribution in [0.3, 0.4) is 0 Å². The maximum Gasteiger partial charge on any atom is 0.326 e. The molecule has 0 aromatic carbocycles. The third-order valence-electron chi connectivity index (χ3n) is 3.85. The molecule has 2 heterocycles. The number of aliphatic carboxylic acids is 1. The Morgan fingerprint density at radius 3 is 2.86 bits per heavy atom. The third-order valence-corrected chi connectivity index (χ3v) is 3.85. The average Bonchev–Trinajstić information content (AvgIpc) is 2.47. The molecule has 1 saturated heterocycles. The van der Waals surface area contributed by atoms with Gasteiger partial charge in [0.15, 0.2) is 0 Å². The van der Waals surface area contributed by atoms with E-state index in [1.165, 1.54) is 9.80 Å². The number of aromatic nitrogens is 1. The molecule has 6 heteroatoms. The van der Waals surface area contributed by atoms with Gasteiger partial charge in [-0.15, -0.1) is 0 Å². The molecule has 114 valence electrons. The number of rotatable bonds is 3. The number of hydrogen-bond donors (Lipinski definition) is 1. The zero-order valence-corrected chi connectivity index (χ0v) is 12.4. The highest BCUT2D eigenvalue weighted by Crippen LogP contribution is 2.23. The van der Waals surface area contributed by atoms with E-state index in [9.17, 15) is 14.7 Å². The van der Waals surface area contributed by atoms with E-state index in [0.29, 0.717) is 25.4 Å². The molecular formula is C15H21N3O3. The molecule has 0 aliphatic carbocycles. The maximum absolute atomic E-state index is 12.5. The maximum atomic E-state index is 12.5. The highest BCUT2D eigenvalue weighted by atomic mass is 16.4. The van der Waals surface area contributed by atoms with E-state index in [1.807, 2.05) is 25.1 Å². The molecule has 2 amide bonds. The summed E-state index contributed by atoms with van der Waals surface area (Å²) in [6.45, 7) is 2.89. The van der Waals surface area contributed by atoms with Gasteiger partial charge in [-0.2, -0.15) is 0 Å². The van der Waals surface area contributed by atoms with Crippen molar-refractivity contribution in [2.75, 3.05) is 13.6 Å². The second kappa shape index (κ2) is 6.56. The van der Waals surface area contributed by atoms with Crippen LogP contribution in [0, 0.1) is 5.92 Å². The lowest BCUT2D eigenvalue weighted by molar-refractivity contribution is -0.144. The molecule has 21 heavy (non-hydrogen) atoms. The van der Waals surface area contributed by atoms with E-state index in [1.54, 1.807) is 13.2 Å². The summed E-state index contributed by atoms with van der Waals surface area (Å²) < 4.78 is 0. The number of carbonyl (C=O) groups is 2. The van der Waals surface area contributed by atoms with E-state index >= 15 is 0 Å². The number of likely N-dealkylation sites (tertiary alicyclic amines) is 1. The lowest BCUT2D eigenvalue weighted by Gasteiger charge is -2.38. The molecule has 2 atom stereocenters. The van der Waals surface area contributed by atoms with E-state index in [-0.39, 0.29) is 6.03 Å². The second-order valence-electron chi connectivity index (χ2n) is 5.64. The summed E-state index contributed by atoms with van der Waals surface area (Å²) in [6.07, 6.45) is 3.03. The molecule has 1 aromatic heterocycles. The van der Waals surface area contributed by atoms with Crippen LogP contribution >= 0.6 is 0 Å². The van der Waals surface area contributed by atoms with Gasteiger partial charge in [-0.1, -0.05) is 13.0 Å². The number of carbonyl (C=O) groups excluding carboxylic acids is 1. The Morgan fingerprint density at radius 2 is 2.24 bits per heavy atom. The van der Waals surface area contributed by atoms with Crippen molar-refractivity contribution < 1.29 is 14.7 Å². The van der Waals surface area contributed by atoms with Crippen LogP contribution in [0.2, 0.25) is 0 Å². The fourth-order valence-electron chi connectivity index (χ4n) is 2.63. The van der Waals surface area contributed by atoms with Gasteiger partial charge < -0.3 is 14.9 Å². The van der Waals surface area contributed by atoms with E-state index in [0.717, 1.165) is 12.1 Å². The smallest absolute Gasteiger partial charge is 0.326 e. The van der Waals surface area contributed by atoms with Crippen LogP contribution in [0.25, 0.3) is 0 Å². The Kier molecular flexibility index (Phi) is 4.77. The van der Waals surface area contributed by atoms with Crippen LogP contribution in [0.1, 0.15) is 25.5 Å². The van der Waals surface area contributed by atoms with Crippen LogP contribution in [-0.4, -0.2) is 51.5 Å². The summed E-state index contributed by atoms with van der Waals surface area (Å²) in [5, 5.41) is 9.32. The molecule has 0 spiro atoms. The molecule has 1 aliphatic rings. The summed E-state index contributed by atoms with van der Waals surface area (Å²) >= 11 is 0. The first-order valence-corrected chi connectivity index (χ1v) is 7.13. The summed E-state index contributed by atoms with van der Waals surface area (Å²) in [5.74, 6) is -0.600. The second-order valence-corrected chi connectivity index (χ2v) is 5.64. The molecule has 1 aliphatic heterocycles. The standard InChI is InChI=1S/C15H21N3O3/c1-11-6-8-18(13(9-11)14(19)20)15(21)17(2)10-12-5-3-4-7-16-12/h3-5,7,11,13H,6,8-10H2,1-2H3,(H,19,20). The minimum atomic E-state index is -0.930. The quantitative estimate of drug-likeness (QED) is 0.922. The highest BCUT2D eigenvalue weighted by molar-refractivity contribution is 5.82. The number of urea groups is 1. The topological polar surface area (TPSA) is 73.7 Å². The third kappa shape index (κ3) is 3.71. The van der Waals surface area contributed by atoms with Crippen molar-refractivity contribution in [2.24, 2.45) is 5.92 Å². The molecule has 0 bridgehead atoms. The van der Waals surface area contributed by atoms with Crippen LogP contribution in [0.5, 0.6) is 0 Å². The zero-order valence-electron chi connectivity index (χ0n) is 12.4. The van der Waals surface area contributed by atoms with Gasteiger partial charge >= 0.3 is 12.0 Å². The van der Waals surface area contributed by atoms with Crippen molar-refractivity contribution in [3.05, 3.63) is 30.1 Å². The molecule has 2 rings (SSSR count). The normalized spacial score (nSPS) is 21.9. The van der Waals surface area contributed by atoms with E-state index < -0.39 is 12.0 Å². The number of nitrogens with zero attached hydrogens (tertiary/aromatic N) is 3. The Balaban J connectivity index is 2.05. The van der Waals surface area contributed by atoms with E-state index in [2.05, 4.69) is 4.98 Å². The first-order chi connectivity index (χ1) is 9.99. The Bertz CT molecular complexity index is 506. The van der Waals surface area contributed by atoms with Crippen molar-refractivity contribution in [1.82, 2.24) is 14.8 Å². The molecule has 1 N–H and O–H groups in total. The summed E-state index contributed by atoms with van der Waals surface area (Å²) in [7, 11) is 1.67. The van der Waals surface area contributed by atoms with Crippen molar-refractivity contribution >= 4 is 12.0 Å². The summed E-state index contributed by atoms with van der Waals surface area (Å²) in [6, 6.07) is 4.55. The number of piperidine rings is 1. The number of hydrogen-bond acceptors (Lipinski definition) is 3. The van der Waals surface area contributed by atoms with Crippen LogP contribution < -0.4 is 0 Å². The molecule has 1 aromatic rings. The van der Waals surface area contributed by atoms with Crippen molar-refractivity contribution in [1.29, 1.82) is 0 Å². The summed E-state index contributed by atoms with van der Waals surface area (Å²) in [4.78, 5) is 31.0. The minimum Gasteiger partial charge on any atom is -0.480 e. The number of amides is 2. The fourth-order valence-corrected chi connectivity index (χ4v) is 2.63. The monoisotopic (exact) mass is 291 g/mol. The lowest BCUT2D eigenvalue weighted by Crippen LogP contribution is -2.53. The Labute approximate surface area is 124 Å². The van der Waals surface area contributed by atoms with Gasteiger partial charge in [0.1, 0.15) is 6.04 Å². The van der Waals surface area contributed by atoms with Gasteiger partial charge in [-0.3, -0.25) is 4.98 Å². The first-order valence-electron chi connectivity index (χ1n) is 7.13. The molecule has 0 saturated carbocycles. The fraction of sp³-hybridized carbons (Fsp3) is 0.533. The number of carboxylic acid groups (broad SMARTS) is 1. The van der Waals surface area contributed by atoms with Gasteiger partial charge in [0.05, 0.1) is 12.2 Å². The van der Waals surface area contributed by atoms with Gasteiger partial charge in [0.2, 0.25) is 0 Å². The Morgan fingerprint density at radius 1 is 1.48 bits per heavy atom. The van der Waals surface area contributed by atoms with Crippen LogP contribution in [0.15, 0.2) is 24.4 Å². The van der Waals surface area contributed by atoms with Crippen molar-refractivity contribution in [2.45, 2.75) is 32.4 Å². The number of carboxylic acids is 1. The number of pyridine rings is 1. The molecular weight excluding hydrogens is 270 g/mol. The van der Waals surface area contributed by atoms with Gasteiger partial charge in [-0.05, 0) is 30.9 Å². The molecule has 1 fully saturated rings. The minimum absolute atomic E-state index is 0.250. The average molecular weight is 291 g/mol. The molecule has 2 unspecified atom stereocenters. The van der Waals surface area contributed by atoms with Crippen molar-refractivity contribution in [3.63, 3.8) is 0 Å². The predicted molar refractivity (Wildman–Crippen MR) is 77.6 cm³/mol. The highest BCUT2D eigenvalue weighted by Gasteiger charge is 2.36. The van der Waals surface area contributed by atoms with Crippen LogP contribution in [0.4, 0.5) is 4.79 Å². The largest absolute Gasteiger partial charge is 0.480 e. The summed E-state index contributed by atoms with van der Waals surface area (Å²) in [5.41, 5.74) is 0.783. The van der Waals surface area contributed by atoms with Gasteiger partial charge in [0.25, 0.3) is 0 Å². The van der Waals surface area contributed by atoms with Crippen molar-refractivity contribution in [3.8, 4) is 0 Å².